The number of carbonyl (C=O) groups excluding carboxylic acids is 1. The number of hydrogen-bond acceptors (Lipinski definition) is 6. The number of unbranched alkanes of at least 4 members (excludes halogenated alkanes) is 3. The van der Waals surface area contributed by atoms with Gasteiger partial charge in [0, 0.05) is 19.6 Å². The molecule has 0 bridgehead atoms. The Morgan fingerprint density at radius 3 is 2.70 bits per heavy atom. The lowest BCUT2D eigenvalue weighted by Gasteiger charge is -2.22. The zero-order chi connectivity index (χ0) is 21.6. The maximum atomic E-state index is 11.4. The summed E-state index contributed by atoms with van der Waals surface area (Å²) < 4.78 is 21.5. The fourth-order valence-corrected chi connectivity index (χ4v) is 3.52. The van der Waals surface area contributed by atoms with Crippen LogP contribution in [0.15, 0.2) is 18.2 Å². The largest absolute Gasteiger partial charge is 0.482 e. The molecule has 1 N–H and O–H groups in total. The van der Waals surface area contributed by atoms with Gasteiger partial charge < -0.3 is 24.1 Å². The van der Waals surface area contributed by atoms with E-state index in [1.54, 1.807) is 6.07 Å². The molecule has 1 saturated heterocycles. The van der Waals surface area contributed by atoms with Gasteiger partial charge in [-0.1, -0.05) is 25.0 Å². The zero-order valence-corrected chi connectivity index (χ0v) is 17.9. The molecule has 1 fully saturated rings. The number of hydrogen-bond donors (Lipinski definition) is 1. The van der Waals surface area contributed by atoms with Crippen LogP contribution in [0.25, 0.3) is 0 Å². The van der Waals surface area contributed by atoms with Gasteiger partial charge in [0.1, 0.15) is 5.75 Å². The standard InChI is InChI=1S/C23H34O7/c1-27-22(26)17-30-20-11-8-10-18(19(20)13-14-21(24)25)9-4-2-3-6-15-28-23-12-5-7-16-29-23/h8,10-11,23H,2-7,9,12-17H2,1H3,(H,24,25). The van der Waals surface area contributed by atoms with Crippen LogP contribution in [0.2, 0.25) is 0 Å². The number of rotatable bonds is 14. The highest BCUT2D eigenvalue weighted by molar-refractivity contribution is 5.71. The van der Waals surface area contributed by atoms with Crippen LogP contribution in [-0.2, 0) is 36.6 Å². The SMILES string of the molecule is COC(=O)COc1cccc(CCCCCCOC2CCCCO2)c1CCC(=O)O. The van der Waals surface area contributed by atoms with Gasteiger partial charge in [-0.2, -0.15) is 0 Å². The smallest absolute Gasteiger partial charge is 0.343 e. The van der Waals surface area contributed by atoms with Gasteiger partial charge in [-0.25, -0.2) is 4.79 Å². The van der Waals surface area contributed by atoms with E-state index in [1.807, 2.05) is 12.1 Å². The molecule has 7 nitrogen and oxygen atoms in total. The summed E-state index contributed by atoms with van der Waals surface area (Å²) in [5.41, 5.74) is 1.94. The molecule has 1 atom stereocenters. The van der Waals surface area contributed by atoms with Gasteiger partial charge in [0.05, 0.1) is 7.11 Å². The molecule has 1 heterocycles. The molecular weight excluding hydrogens is 388 g/mol. The average Bonchev–Trinajstić information content (AvgIpc) is 2.76. The van der Waals surface area contributed by atoms with Crippen LogP contribution < -0.4 is 4.74 Å². The van der Waals surface area contributed by atoms with E-state index >= 15 is 0 Å². The van der Waals surface area contributed by atoms with Crippen LogP contribution in [0.4, 0.5) is 0 Å². The van der Waals surface area contributed by atoms with Crippen LogP contribution in [-0.4, -0.2) is 50.3 Å². The Bertz CT molecular complexity index is 653. The van der Waals surface area contributed by atoms with Crippen LogP contribution in [0.3, 0.4) is 0 Å². The van der Waals surface area contributed by atoms with Crippen molar-refractivity contribution < 1.29 is 33.6 Å². The number of aryl methyl sites for hydroxylation is 1. The summed E-state index contributed by atoms with van der Waals surface area (Å²) in [4.78, 5) is 22.4. The van der Waals surface area contributed by atoms with E-state index in [0.717, 1.165) is 69.3 Å². The lowest BCUT2D eigenvalue weighted by atomic mass is 9.97. The summed E-state index contributed by atoms with van der Waals surface area (Å²) in [7, 11) is 1.31. The molecular formula is C23H34O7. The molecule has 1 aliphatic heterocycles. The van der Waals surface area contributed by atoms with Crippen molar-refractivity contribution in [3.8, 4) is 5.75 Å². The molecule has 0 radical (unpaired) electrons. The number of ether oxygens (including phenoxy) is 4. The van der Waals surface area contributed by atoms with Gasteiger partial charge in [-0.05, 0) is 62.1 Å². The minimum Gasteiger partial charge on any atom is -0.482 e. The zero-order valence-electron chi connectivity index (χ0n) is 17.9. The molecule has 0 amide bonds. The van der Waals surface area contributed by atoms with Crippen LogP contribution in [0, 0.1) is 0 Å². The van der Waals surface area contributed by atoms with Gasteiger partial charge in [-0.3, -0.25) is 4.79 Å². The third-order valence-electron chi connectivity index (χ3n) is 5.17. The summed E-state index contributed by atoms with van der Waals surface area (Å²) in [6.07, 6.45) is 8.67. The van der Waals surface area contributed by atoms with Gasteiger partial charge in [0.25, 0.3) is 0 Å². The lowest BCUT2D eigenvalue weighted by Crippen LogP contribution is -2.22. The third-order valence-corrected chi connectivity index (χ3v) is 5.17. The Hall–Kier alpha value is -2.12. The van der Waals surface area contributed by atoms with Crippen molar-refractivity contribution in [1.82, 2.24) is 0 Å². The van der Waals surface area contributed by atoms with E-state index in [1.165, 1.54) is 13.5 Å². The van der Waals surface area contributed by atoms with E-state index in [4.69, 9.17) is 19.3 Å². The third kappa shape index (κ3) is 9.13. The molecule has 0 aliphatic carbocycles. The predicted octanol–water partition coefficient (Wildman–Crippen LogP) is 3.90. The molecule has 0 aromatic heterocycles. The van der Waals surface area contributed by atoms with Gasteiger partial charge in [0.15, 0.2) is 12.9 Å². The highest BCUT2D eigenvalue weighted by Gasteiger charge is 2.14. The number of carboxylic acid groups (broad SMARTS) is 1. The molecule has 1 aliphatic rings. The fraction of sp³-hybridized carbons (Fsp3) is 0.652. The topological polar surface area (TPSA) is 91.3 Å². The first-order chi connectivity index (χ1) is 14.6. The van der Waals surface area contributed by atoms with Crippen LogP contribution >= 0.6 is 0 Å². The maximum absolute atomic E-state index is 11.4. The highest BCUT2D eigenvalue weighted by Crippen LogP contribution is 2.26. The molecule has 1 unspecified atom stereocenters. The summed E-state index contributed by atoms with van der Waals surface area (Å²) in [6.45, 7) is 1.34. The normalized spacial score (nSPS) is 16.2. The van der Waals surface area contributed by atoms with Crippen molar-refractivity contribution in [3.63, 3.8) is 0 Å². The van der Waals surface area contributed by atoms with Gasteiger partial charge >= 0.3 is 11.9 Å². The minimum absolute atomic E-state index is 0.0200. The summed E-state index contributed by atoms with van der Waals surface area (Å²) >= 11 is 0. The Kier molecular flexibility index (Phi) is 11.3. The quantitative estimate of drug-likeness (QED) is 0.359. The van der Waals surface area contributed by atoms with Crippen molar-refractivity contribution in [3.05, 3.63) is 29.3 Å². The van der Waals surface area contributed by atoms with Crippen LogP contribution in [0.1, 0.15) is 62.5 Å². The predicted molar refractivity (Wildman–Crippen MR) is 112 cm³/mol. The number of carbonyl (C=O) groups is 2. The minimum atomic E-state index is -0.856. The summed E-state index contributed by atoms with van der Waals surface area (Å²) in [5, 5.41) is 9.07. The second-order valence-corrected chi connectivity index (χ2v) is 7.48. The highest BCUT2D eigenvalue weighted by atomic mass is 16.7. The average molecular weight is 423 g/mol. The van der Waals surface area contributed by atoms with Crippen molar-refractivity contribution in [2.24, 2.45) is 0 Å². The van der Waals surface area contributed by atoms with Crippen molar-refractivity contribution in [2.45, 2.75) is 70.5 Å². The van der Waals surface area contributed by atoms with E-state index in [2.05, 4.69) is 4.74 Å². The van der Waals surface area contributed by atoms with Crippen molar-refractivity contribution in [2.75, 3.05) is 26.9 Å². The first-order valence-corrected chi connectivity index (χ1v) is 10.9. The fourth-order valence-electron chi connectivity index (χ4n) is 3.52. The number of esters is 1. The van der Waals surface area contributed by atoms with Crippen molar-refractivity contribution in [1.29, 1.82) is 0 Å². The molecule has 0 saturated carbocycles. The van der Waals surface area contributed by atoms with E-state index in [9.17, 15) is 9.59 Å². The first-order valence-electron chi connectivity index (χ1n) is 10.9. The van der Waals surface area contributed by atoms with E-state index in [0.29, 0.717) is 12.2 Å². The first kappa shape index (κ1) is 24.2. The molecule has 168 valence electrons. The second kappa shape index (κ2) is 14.0. The lowest BCUT2D eigenvalue weighted by molar-refractivity contribution is -0.162. The number of methoxy groups -OCH3 is 1. The summed E-state index contributed by atoms with van der Waals surface area (Å²) in [5.74, 6) is -0.767. The molecule has 1 aromatic carbocycles. The Labute approximate surface area is 178 Å². The monoisotopic (exact) mass is 422 g/mol. The Morgan fingerprint density at radius 1 is 1.13 bits per heavy atom. The van der Waals surface area contributed by atoms with E-state index in [-0.39, 0.29) is 19.3 Å². The summed E-state index contributed by atoms with van der Waals surface area (Å²) in [6, 6.07) is 5.66. The van der Waals surface area contributed by atoms with E-state index < -0.39 is 11.9 Å². The second-order valence-electron chi connectivity index (χ2n) is 7.48. The molecule has 30 heavy (non-hydrogen) atoms. The van der Waals surface area contributed by atoms with Crippen LogP contribution in [0.5, 0.6) is 5.75 Å². The number of carboxylic acids is 1. The number of aliphatic carboxylic acids is 1. The van der Waals surface area contributed by atoms with Gasteiger partial charge in [-0.15, -0.1) is 0 Å². The molecule has 2 rings (SSSR count). The molecule has 1 aromatic rings. The van der Waals surface area contributed by atoms with Crippen molar-refractivity contribution >= 4 is 11.9 Å². The van der Waals surface area contributed by atoms with Gasteiger partial charge in [0.2, 0.25) is 0 Å². The Morgan fingerprint density at radius 2 is 1.97 bits per heavy atom. The molecule has 0 spiro atoms. The number of benzene rings is 1. The Balaban J connectivity index is 1.78. The maximum Gasteiger partial charge on any atom is 0.343 e. The molecule has 7 heteroatoms.